The third-order valence-electron chi connectivity index (χ3n) is 5.25. The highest BCUT2D eigenvalue weighted by atomic mass is 16.2. The van der Waals surface area contributed by atoms with Gasteiger partial charge >= 0.3 is 6.03 Å². The van der Waals surface area contributed by atoms with Crippen molar-refractivity contribution in [1.29, 1.82) is 0 Å². The number of nitrogens with one attached hydrogen (secondary N) is 1. The Hall–Kier alpha value is -2.08. The van der Waals surface area contributed by atoms with Crippen LogP contribution in [0.15, 0.2) is 30.3 Å². The Morgan fingerprint density at radius 1 is 1.17 bits per heavy atom. The zero-order valence-electron chi connectivity index (χ0n) is 14.1. The van der Waals surface area contributed by atoms with Gasteiger partial charge in [0.05, 0.1) is 5.92 Å². The van der Waals surface area contributed by atoms with Gasteiger partial charge in [-0.1, -0.05) is 30.3 Å². The van der Waals surface area contributed by atoms with Crippen LogP contribution in [0.5, 0.6) is 0 Å². The van der Waals surface area contributed by atoms with E-state index in [0.717, 1.165) is 19.5 Å². The Kier molecular flexibility index (Phi) is 5.04. The predicted molar refractivity (Wildman–Crippen MR) is 92.2 cm³/mol. The molecule has 2 saturated heterocycles. The molecule has 0 aliphatic carbocycles. The molecular weight excluding hydrogens is 304 g/mol. The third kappa shape index (κ3) is 3.70. The number of nitrogens with two attached hydrogens (primary N) is 1. The van der Waals surface area contributed by atoms with Crippen LogP contribution in [-0.4, -0.2) is 54.0 Å². The fourth-order valence-electron chi connectivity index (χ4n) is 3.64. The summed E-state index contributed by atoms with van der Waals surface area (Å²) in [7, 11) is 0. The van der Waals surface area contributed by atoms with Gasteiger partial charge in [0.15, 0.2) is 0 Å². The number of benzene rings is 1. The molecule has 0 bridgehead atoms. The van der Waals surface area contributed by atoms with Gasteiger partial charge < -0.3 is 16.0 Å². The minimum atomic E-state index is -0.311. The van der Waals surface area contributed by atoms with E-state index in [1.807, 2.05) is 6.07 Å². The Balaban J connectivity index is 1.49. The summed E-state index contributed by atoms with van der Waals surface area (Å²) >= 11 is 0. The molecule has 3 amide bonds. The summed E-state index contributed by atoms with van der Waals surface area (Å²) in [4.78, 5) is 27.7. The molecule has 3 rings (SSSR count). The van der Waals surface area contributed by atoms with Gasteiger partial charge in [-0.15, -0.1) is 0 Å². The third-order valence-corrected chi connectivity index (χ3v) is 5.25. The Bertz CT molecular complexity index is 592. The van der Waals surface area contributed by atoms with E-state index in [4.69, 9.17) is 5.73 Å². The van der Waals surface area contributed by atoms with Crippen molar-refractivity contribution in [2.75, 3.05) is 26.2 Å². The van der Waals surface area contributed by atoms with Gasteiger partial charge in [-0.2, -0.15) is 0 Å². The topological polar surface area (TPSA) is 78.7 Å². The fourth-order valence-corrected chi connectivity index (χ4v) is 3.64. The van der Waals surface area contributed by atoms with Crippen LogP contribution in [0.2, 0.25) is 0 Å². The van der Waals surface area contributed by atoms with Gasteiger partial charge in [0.25, 0.3) is 0 Å². The van der Waals surface area contributed by atoms with Gasteiger partial charge in [-0.05, 0) is 25.3 Å². The van der Waals surface area contributed by atoms with Crippen LogP contribution >= 0.6 is 0 Å². The average molecular weight is 330 g/mol. The second-order valence-electron chi connectivity index (χ2n) is 6.85. The molecule has 2 aliphatic rings. The molecule has 0 unspecified atom stereocenters. The molecule has 3 atom stereocenters. The first-order valence-corrected chi connectivity index (χ1v) is 8.68. The summed E-state index contributed by atoms with van der Waals surface area (Å²) in [6.07, 6.45) is 1.63. The van der Waals surface area contributed by atoms with Gasteiger partial charge in [-0.25, -0.2) is 4.79 Å². The quantitative estimate of drug-likeness (QED) is 0.874. The number of nitrogens with zero attached hydrogens (tertiary/aromatic N) is 2. The van der Waals surface area contributed by atoms with Crippen molar-refractivity contribution >= 4 is 11.9 Å². The molecule has 1 aromatic rings. The Morgan fingerprint density at radius 3 is 2.58 bits per heavy atom. The average Bonchev–Trinajstić information content (AvgIpc) is 3.24. The Labute approximate surface area is 143 Å². The van der Waals surface area contributed by atoms with Crippen LogP contribution < -0.4 is 11.1 Å². The van der Waals surface area contributed by atoms with Crippen LogP contribution in [0.1, 0.15) is 31.4 Å². The highest BCUT2D eigenvalue weighted by molar-refractivity contribution is 5.80. The van der Waals surface area contributed by atoms with Crippen molar-refractivity contribution in [3.63, 3.8) is 0 Å². The first kappa shape index (κ1) is 16.8. The molecule has 0 radical (unpaired) electrons. The summed E-state index contributed by atoms with van der Waals surface area (Å²) < 4.78 is 0. The fraction of sp³-hybridized carbons (Fsp3) is 0.556. The maximum Gasteiger partial charge on any atom is 0.317 e. The largest absolute Gasteiger partial charge is 0.369 e. The first-order valence-electron chi connectivity index (χ1n) is 8.68. The van der Waals surface area contributed by atoms with Gasteiger partial charge in [-0.3, -0.25) is 9.69 Å². The smallest absolute Gasteiger partial charge is 0.317 e. The molecule has 130 valence electrons. The van der Waals surface area contributed by atoms with Crippen molar-refractivity contribution in [3.8, 4) is 0 Å². The second kappa shape index (κ2) is 7.21. The van der Waals surface area contributed by atoms with Gasteiger partial charge in [0.2, 0.25) is 5.91 Å². The summed E-state index contributed by atoms with van der Waals surface area (Å²) in [5.74, 6) is -0.511. The molecule has 24 heavy (non-hydrogen) atoms. The van der Waals surface area contributed by atoms with E-state index in [2.05, 4.69) is 41.4 Å². The van der Waals surface area contributed by atoms with Gasteiger partial charge in [0.1, 0.15) is 0 Å². The second-order valence-corrected chi connectivity index (χ2v) is 6.85. The molecule has 0 spiro atoms. The van der Waals surface area contributed by atoms with Crippen LogP contribution in [0, 0.1) is 5.92 Å². The molecule has 3 N–H and O–H groups in total. The van der Waals surface area contributed by atoms with Crippen LogP contribution in [0.25, 0.3) is 0 Å². The number of carbonyl (C=O) groups is 2. The van der Waals surface area contributed by atoms with E-state index in [1.54, 1.807) is 4.90 Å². The van der Waals surface area contributed by atoms with Crippen molar-refractivity contribution < 1.29 is 9.59 Å². The lowest BCUT2D eigenvalue weighted by atomic mass is 10.1. The molecule has 2 heterocycles. The number of amides is 3. The summed E-state index contributed by atoms with van der Waals surface area (Å²) in [6, 6.07) is 10.9. The molecule has 0 aromatic heterocycles. The number of hydrogen-bond donors (Lipinski definition) is 2. The summed E-state index contributed by atoms with van der Waals surface area (Å²) in [6.45, 7) is 5.09. The number of likely N-dealkylation sites (tertiary alicyclic amines) is 2. The minimum absolute atomic E-state index is 0.0713. The van der Waals surface area contributed by atoms with E-state index in [1.165, 1.54) is 5.56 Å². The number of carbonyl (C=O) groups excluding carboxylic acids is 2. The normalized spacial score (nSPS) is 25.6. The standard InChI is InChI=1S/C18H26N4O2/c1-13(14-5-3-2-4-6-14)21-10-8-16(12-21)20-18(24)22-9-7-15(11-22)17(19)23/h2-6,13,15-16H,7-12H2,1H3,(H2,19,23)(H,20,24)/t13-,15+,16-/m1/s1. The number of primary amides is 1. The Morgan fingerprint density at radius 2 is 1.92 bits per heavy atom. The molecule has 2 aliphatic heterocycles. The van der Waals surface area contributed by atoms with E-state index in [-0.39, 0.29) is 23.9 Å². The predicted octanol–water partition coefficient (Wildman–Crippen LogP) is 1.34. The molecule has 1 aromatic carbocycles. The van der Waals surface area contributed by atoms with Crippen molar-refractivity contribution in [1.82, 2.24) is 15.1 Å². The molecule has 6 heteroatoms. The van der Waals surface area contributed by atoms with E-state index < -0.39 is 0 Å². The minimum Gasteiger partial charge on any atom is -0.369 e. The first-order chi connectivity index (χ1) is 11.5. The lowest BCUT2D eigenvalue weighted by molar-refractivity contribution is -0.121. The monoisotopic (exact) mass is 330 g/mol. The lowest BCUT2D eigenvalue weighted by Gasteiger charge is -2.25. The van der Waals surface area contributed by atoms with Crippen molar-refractivity contribution in [2.45, 2.75) is 31.8 Å². The maximum absolute atomic E-state index is 12.4. The van der Waals surface area contributed by atoms with Crippen molar-refractivity contribution in [2.24, 2.45) is 11.7 Å². The highest BCUT2D eigenvalue weighted by Crippen LogP contribution is 2.24. The molecule has 2 fully saturated rings. The molecule has 0 saturated carbocycles. The lowest BCUT2D eigenvalue weighted by Crippen LogP contribution is -2.45. The van der Waals surface area contributed by atoms with E-state index in [0.29, 0.717) is 25.6 Å². The van der Waals surface area contributed by atoms with Gasteiger partial charge in [0, 0.05) is 38.3 Å². The van der Waals surface area contributed by atoms with E-state index >= 15 is 0 Å². The summed E-state index contributed by atoms with van der Waals surface area (Å²) in [5, 5.41) is 3.11. The summed E-state index contributed by atoms with van der Waals surface area (Å²) in [5.41, 5.74) is 6.63. The SMILES string of the molecule is C[C@H](c1ccccc1)N1CC[C@@H](NC(=O)N2CC[C@H](C(N)=O)C2)C1. The zero-order chi connectivity index (χ0) is 17.1. The van der Waals surface area contributed by atoms with Crippen LogP contribution in [0.4, 0.5) is 4.79 Å². The van der Waals surface area contributed by atoms with Crippen LogP contribution in [-0.2, 0) is 4.79 Å². The number of rotatable bonds is 4. The number of hydrogen-bond acceptors (Lipinski definition) is 3. The molecule has 6 nitrogen and oxygen atoms in total. The zero-order valence-corrected chi connectivity index (χ0v) is 14.1. The van der Waals surface area contributed by atoms with E-state index in [9.17, 15) is 9.59 Å². The highest BCUT2D eigenvalue weighted by Gasteiger charge is 2.32. The van der Waals surface area contributed by atoms with Crippen LogP contribution in [0.3, 0.4) is 0 Å². The molecular formula is C18H26N4O2. The van der Waals surface area contributed by atoms with Crippen molar-refractivity contribution in [3.05, 3.63) is 35.9 Å². The maximum atomic E-state index is 12.4. The number of urea groups is 1.